The van der Waals surface area contributed by atoms with Gasteiger partial charge >= 0.3 is 0 Å². The zero-order chi connectivity index (χ0) is 11.5. The van der Waals surface area contributed by atoms with Gasteiger partial charge in [-0.25, -0.2) is 0 Å². The Morgan fingerprint density at radius 1 is 1.56 bits per heavy atom. The Morgan fingerprint density at radius 3 is 3.00 bits per heavy atom. The molecule has 0 saturated carbocycles. The number of anilines is 2. The van der Waals surface area contributed by atoms with Gasteiger partial charge in [-0.2, -0.15) is 5.26 Å². The first-order valence-corrected chi connectivity index (χ1v) is 5.02. The van der Waals surface area contributed by atoms with E-state index in [4.69, 9.17) is 11.0 Å². The van der Waals surface area contributed by atoms with Gasteiger partial charge in [0, 0.05) is 24.3 Å². The van der Waals surface area contributed by atoms with Crippen LogP contribution >= 0.6 is 0 Å². The fourth-order valence-electron chi connectivity index (χ4n) is 1.69. The number of benzene rings is 1. The Kier molecular flexibility index (Phi) is 2.64. The van der Waals surface area contributed by atoms with Crippen LogP contribution in [-0.2, 0) is 4.79 Å². The Balaban J connectivity index is 2.10. The van der Waals surface area contributed by atoms with E-state index in [0.29, 0.717) is 24.2 Å². The summed E-state index contributed by atoms with van der Waals surface area (Å²) >= 11 is 0. The molecule has 1 atom stereocenters. The number of carbonyl (C=O) groups excluding carboxylic acids is 1. The molecule has 0 radical (unpaired) electrons. The van der Waals surface area contributed by atoms with Gasteiger partial charge in [0.15, 0.2) is 0 Å². The summed E-state index contributed by atoms with van der Waals surface area (Å²) in [5.41, 5.74) is 7.34. The van der Waals surface area contributed by atoms with E-state index >= 15 is 0 Å². The summed E-state index contributed by atoms with van der Waals surface area (Å²) in [5, 5.41) is 14.7. The predicted octanol–water partition coefficient (Wildman–Crippen LogP) is 0.441. The highest BCUT2D eigenvalue weighted by Crippen LogP contribution is 2.18. The number of nitrogens with zero attached hydrogens (tertiary/aromatic N) is 1. The fourth-order valence-corrected chi connectivity index (χ4v) is 1.69. The standard InChI is InChI=1S/C11H12N4O/c12-5-7-3-8(1-2-10(7)13)15-9-4-11(16)14-6-9/h1-3,9,15H,4,6,13H2,(H,14,16). The van der Waals surface area contributed by atoms with Crippen molar-refractivity contribution >= 4 is 17.3 Å². The van der Waals surface area contributed by atoms with Crippen molar-refractivity contribution < 1.29 is 4.79 Å². The van der Waals surface area contributed by atoms with Gasteiger partial charge < -0.3 is 16.4 Å². The van der Waals surface area contributed by atoms with Crippen LogP contribution in [0.4, 0.5) is 11.4 Å². The molecule has 0 bridgehead atoms. The summed E-state index contributed by atoms with van der Waals surface area (Å²) in [5.74, 6) is 0.0495. The van der Waals surface area contributed by atoms with Crippen molar-refractivity contribution in [3.05, 3.63) is 23.8 Å². The van der Waals surface area contributed by atoms with Crippen LogP contribution in [0.3, 0.4) is 0 Å². The Hall–Kier alpha value is -2.22. The van der Waals surface area contributed by atoms with Crippen LogP contribution in [0.25, 0.3) is 0 Å². The second-order valence-corrected chi connectivity index (χ2v) is 3.76. The lowest BCUT2D eigenvalue weighted by molar-refractivity contribution is -0.119. The van der Waals surface area contributed by atoms with Gasteiger partial charge in [0.25, 0.3) is 0 Å². The number of nitriles is 1. The van der Waals surface area contributed by atoms with E-state index < -0.39 is 0 Å². The molecule has 5 nitrogen and oxygen atoms in total. The predicted molar refractivity (Wildman–Crippen MR) is 60.6 cm³/mol. The third kappa shape index (κ3) is 2.06. The van der Waals surface area contributed by atoms with Crippen LogP contribution in [0.5, 0.6) is 0 Å². The highest BCUT2D eigenvalue weighted by atomic mass is 16.1. The van der Waals surface area contributed by atoms with Crippen LogP contribution in [0.1, 0.15) is 12.0 Å². The van der Waals surface area contributed by atoms with Crippen molar-refractivity contribution in [3.8, 4) is 6.07 Å². The summed E-state index contributed by atoms with van der Waals surface area (Å²) in [4.78, 5) is 11.0. The number of hydrogen-bond acceptors (Lipinski definition) is 4. The van der Waals surface area contributed by atoms with Gasteiger partial charge in [0.1, 0.15) is 6.07 Å². The molecule has 1 aliphatic heterocycles. The van der Waals surface area contributed by atoms with Gasteiger partial charge in [0.05, 0.1) is 11.6 Å². The molecule has 1 fully saturated rings. The summed E-state index contributed by atoms with van der Waals surface area (Å²) in [6.45, 7) is 0.616. The molecule has 82 valence electrons. The smallest absolute Gasteiger partial charge is 0.222 e. The SMILES string of the molecule is N#Cc1cc(NC2CNC(=O)C2)ccc1N. The topological polar surface area (TPSA) is 90.9 Å². The van der Waals surface area contributed by atoms with Crippen molar-refractivity contribution in [1.82, 2.24) is 5.32 Å². The van der Waals surface area contributed by atoms with Crippen LogP contribution in [0, 0.1) is 11.3 Å². The molecule has 0 aromatic heterocycles. The first kappa shape index (κ1) is 10.3. The number of nitrogens with two attached hydrogens (primary N) is 1. The molecular weight excluding hydrogens is 204 g/mol. The average Bonchev–Trinajstić information content (AvgIpc) is 2.67. The molecule has 1 aromatic rings. The minimum atomic E-state index is 0.0495. The summed E-state index contributed by atoms with van der Waals surface area (Å²) in [6, 6.07) is 7.29. The summed E-state index contributed by atoms with van der Waals surface area (Å²) in [7, 11) is 0. The lowest BCUT2D eigenvalue weighted by Gasteiger charge is -2.12. The molecular formula is C11H12N4O. The molecule has 1 saturated heterocycles. The van der Waals surface area contributed by atoms with Crippen molar-refractivity contribution in [2.75, 3.05) is 17.6 Å². The molecule has 0 spiro atoms. The van der Waals surface area contributed by atoms with Crippen molar-refractivity contribution in [2.24, 2.45) is 0 Å². The molecule has 1 aromatic carbocycles. The Morgan fingerprint density at radius 2 is 2.38 bits per heavy atom. The maximum Gasteiger partial charge on any atom is 0.222 e. The fraction of sp³-hybridized carbons (Fsp3) is 0.273. The van der Waals surface area contributed by atoms with Gasteiger partial charge in [-0.1, -0.05) is 0 Å². The van der Waals surface area contributed by atoms with E-state index in [1.54, 1.807) is 18.2 Å². The highest BCUT2D eigenvalue weighted by molar-refractivity contribution is 5.79. The van der Waals surface area contributed by atoms with Crippen molar-refractivity contribution in [1.29, 1.82) is 5.26 Å². The van der Waals surface area contributed by atoms with Gasteiger partial charge in [-0.15, -0.1) is 0 Å². The zero-order valence-corrected chi connectivity index (χ0v) is 8.66. The first-order chi connectivity index (χ1) is 7.69. The van der Waals surface area contributed by atoms with E-state index in [1.807, 2.05) is 6.07 Å². The molecule has 16 heavy (non-hydrogen) atoms. The van der Waals surface area contributed by atoms with E-state index in [9.17, 15) is 4.79 Å². The number of rotatable bonds is 2. The lowest BCUT2D eigenvalue weighted by atomic mass is 10.1. The third-order valence-corrected chi connectivity index (χ3v) is 2.52. The zero-order valence-electron chi connectivity index (χ0n) is 8.66. The molecule has 1 heterocycles. The second-order valence-electron chi connectivity index (χ2n) is 3.76. The van der Waals surface area contributed by atoms with Gasteiger partial charge in [-0.05, 0) is 18.2 Å². The first-order valence-electron chi connectivity index (χ1n) is 5.02. The highest BCUT2D eigenvalue weighted by Gasteiger charge is 2.20. The molecule has 5 heteroatoms. The van der Waals surface area contributed by atoms with E-state index in [0.717, 1.165) is 5.69 Å². The van der Waals surface area contributed by atoms with E-state index in [1.165, 1.54) is 0 Å². The number of nitrogens with one attached hydrogen (secondary N) is 2. The monoisotopic (exact) mass is 216 g/mol. The van der Waals surface area contributed by atoms with Crippen LogP contribution in [0.15, 0.2) is 18.2 Å². The molecule has 2 rings (SSSR count). The minimum Gasteiger partial charge on any atom is -0.398 e. The Labute approximate surface area is 93.2 Å². The third-order valence-electron chi connectivity index (χ3n) is 2.52. The van der Waals surface area contributed by atoms with Gasteiger partial charge in [-0.3, -0.25) is 4.79 Å². The maximum absolute atomic E-state index is 11.0. The van der Waals surface area contributed by atoms with E-state index in [2.05, 4.69) is 10.6 Å². The van der Waals surface area contributed by atoms with Gasteiger partial charge in [0.2, 0.25) is 5.91 Å². The summed E-state index contributed by atoms with van der Waals surface area (Å²) in [6.07, 6.45) is 0.465. The summed E-state index contributed by atoms with van der Waals surface area (Å²) < 4.78 is 0. The molecule has 1 aliphatic rings. The normalized spacial score (nSPS) is 18.9. The largest absolute Gasteiger partial charge is 0.398 e. The second kappa shape index (κ2) is 4.11. The molecule has 4 N–H and O–H groups in total. The molecule has 1 amide bonds. The molecule has 1 unspecified atom stereocenters. The van der Waals surface area contributed by atoms with Crippen molar-refractivity contribution in [2.45, 2.75) is 12.5 Å². The van der Waals surface area contributed by atoms with E-state index in [-0.39, 0.29) is 11.9 Å². The van der Waals surface area contributed by atoms with Crippen LogP contribution in [-0.4, -0.2) is 18.5 Å². The number of hydrogen-bond donors (Lipinski definition) is 3. The lowest BCUT2D eigenvalue weighted by Crippen LogP contribution is -2.22. The quantitative estimate of drug-likeness (QED) is 0.625. The Bertz CT molecular complexity index is 464. The average molecular weight is 216 g/mol. The van der Waals surface area contributed by atoms with Crippen LogP contribution in [0.2, 0.25) is 0 Å². The molecule has 0 aliphatic carbocycles. The number of carbonyl (C=O) groups is 1. The minimum absolute atomic E-state index is 0.0495. The van der Waals surface area contributed by atoms with Crippen molar-refractivity contribution in [3.63, 3.8) is 0 Å². The number of nitrogen functional groups attached to an aromatic ring is 1. The maximum atomic E-state index is 11.0. The number of amides is 1. The van der Waals surface area contributed by atoms with Crippen LogP contribution < -0.4 is 16.4 Å².